The zero-order valence-electron chi connectivity index (χ0n) is 18.1. The average molecular weight is 451 g/mol. The molecule has 2 aliphatic rings. The predicted octanol–water partition coefficient (Wildman–Crippen LogP) is 4.19. The fourth-order valence-electron chi connectivity index (χ4n) is 4.37. The molecule has 1 saturated heterocycles. The highest BCUT2D eigenvalue weighted by Gasteiger charge is 2.31. The maximum absolute atomic E-state index is 13.2. The third kappa shape index (κ3) is 4.07. The largest absolute Gasteiger partial charge is 0.486 e. The molecular formula is C24H26N4O3S. The molecule has 166 valence electrons. The lowest BCUT2D eigenvalue weighted by molar-refractivity contribution is -0.129. The highest BCUT2D eigenvalue weighted by Crippen LogP contribution is 2.38. The van der Waals surface area contributed by atoms with Gasteiger partial charge in [0.15, 0.2) is 22.5 Å². The lowest BCUT2D eigenvalue weighted by Crippen LogP contribution is -2.32. The van der Waals surface area contributed by atoms with Crippen LogP contribution in [0, 0.1) is 0 Å². The van der Waals surface area contributed by atoms with Gasteiger partial charge in [-0.15, -0.1) is 10.2 Å². The Hall–Kier alpha value is -3.00. The normalized spacial score (nSPS) is 17.5. The second-order valence-corrected chi connectivity index (χ2v) is 8.80. The highest BCUT2D eigenvalue weighted by molar-refractivity contribution is 7.99. The number of rotatable bonds is 6. The molecule has 1 atom stereocenters. The Morgan fingerprint density at radius 2 is 1.91 bits per heavy atom. The summed E-state index contributed by atoms with van der Waals surface area (Å²) in [5.41, 5.74) is 2.13. The Morgan fingerprint density at radius 3 is 2.72 bits per heavy atom. The van der Waals surface area contributed by atoms with E-state index in [0.29, 0.717) is 19.0 Å². The van der Waals surface area contributed by atoms with Gasteiger partial charge in [0.2, 0.25) is 5.91 Å². The standard InChI is InChI=1S/C24H26N4O3S/c1-2-27-23(17-7-4-3-5-8-17)25-26-24(27)32-16-22(29)28-12-6-9-19(28)18-10-11-20-21(15-18)31-14-13-30-20/h3-5,7-8,10-11,15,19H,2,6,9,12-14,16H2,1H3. The Labute approximate surface area is 191 Å². The molecule has 7 nitrogen and oxygen atoms in total. The van der Waals surface area contributed by atoms with Crippen LogP contribution in [0.3, 0.4) is 0 Å². The van der Waals surface area contributed by atoms with E-state index in [1.165, 1.54) is 11.8 Å². The van der Waals surface area contributed by atoms with E-state index in [4.69, 9.17) is 9.47 Å². The highest BCUT2D eigenvalue weighted by atomic mass is 32.2. The van der Waals surface area contributed by atoms with Crippen molar-refractivity contribution in [2.24, 2.45) is 0 Å². The number of fused-ring (bicyclic) bond motifs is 1. The van der Waals surface area contributed by atoms with Crippen LogP contribution in [0.25, 0.3) is 11.4 Å². The fourth-order valence-corrected chi connectivity index (χ4v) is 5.26. The first-order valence-electron chi connectivity index (χ1n) is 11.0. The van der Waals surface area contributed by atoms with Gasteiger partial charge >= 0.3 is 0 Å². The minimum absolute atomic E-state index is 0.0721. The number of likely N-dealkylation sites (tertiary alicyclic amines) is 1. The van der Waals surface area contributed by atoms with E-state index >= 15 is 0 Å². The third-order valence-corrected chi connectivity index (χ3v) is 6.87. The van der Waals surface area contributed by atoms with Crippen molar-refractivity contribution < 1.29 is 14.3 Å². The van der Waals surface area contributed by atoms with Crippen molar-refractivity contribution in [3.8, 4) is 22.9 Å². The quantitative estimate of drug-likeness (QED) is 0.525. The van der Waals surface area contributed by atoms with E-state index in [0.717, 1.165) is 59.5 Å². The van der Waals surface area contributed by atoms with Gasteiger partial charge in [0.25, 0.3) is 0 Å². The van der Waals surface area contributed by atoms with Crippen LogP contribution in [0.4, 0.5) is 0 Å². The molecule has 0 saturated carbocycles. The number of carbonyl (C=O) groups is 1. The zero-order chi connectivity index (χ0) is 21.9. The van der Waals surface area contributed by atoms with Gasteiger partial charge in [-0.3, -0.25) is 4.79 Å². The van der Waals surface area contributed by atoms with Gasteiger partial charge in [-0.05, 0) is 37.5 Å². The van der Waals surface area contributed by atoms with Crippen LogP contribution < -0.4 is 9.47 Å². The summed E-state index contributed by atoms with van der Waals surface area (Å²) >= 11 is 1.46. The maximum atomic E-state index is 13.2. The van der Waals surface area contributed by atoms with Gasteiger partial charge in [0.05, 0.1) is 11.8 Å². The fraction of sp³-hybridized carbons (Fsp3) is 0.375. The van der Waals surface area contributed by atoms with E-state index in [9.17, 15) is 4.79 Å². The first kappa shape index (κ1) is 20.9. The molecule has 2 aromatic carbocycles. The number of thioether (sulfide) groups is 1. The van der Waals surface area contributed by atoms with Crippen LogP contribution >= 0.6 is 11.8 Å². The molecule has 1 amide bonds. The summed E-state index contributed by atoms with van der Waals surface area (Å²) in [6.07, 6.45) is 1.96. The average Bonchev–Trinajstić information content (AvgIpc) is 3.50. The minimum Gasteiger partial charge on any atom is -0.486 e. The summed E-state index contributed by atoms with van der Waals surface area (Å²) in [5.74, 6) is 2.85. The van der Waals surface area contributed by atoms with Crippen molar-refractivity contribution in [1.82, 2.24) is 19.7 Å². The molecule has 3 aromatic rings. The minimum atomic E-state index is 0.0721. The summed E-state index contributed by atoms with van der Waals surface area (Å²) in [7, 11) is 0. The number of aromatic nitrogens is 3. The van der Waals surface area contributed by atoms with E-state index in [2.05, 4.69) is 27.8 Å². The molecule has 5 rings (SSSR count). The number of ether oxygens (including phenoxy) is 2. The lowest BCUT2D eigenvalue weighted by atomic mass is 10.0. The van der Waals surface area contributed by atoms with Gasteiger partial charge in [-0.25, -0.2) is 0 Å². The topological polar surface area (TPSA) is 69.5 Å². The number of benzene rings is 2. The van der Waals surface area contributed by atoms with Gasteiger partial charge in [-0.1, -0.05) is 48.2 Å². The number of nitrogens with zero attached hydrogens (tertiary/aromatic N) is 4. The second kappa shape index (κ2) is 9.24. The van der Waals surface area contributed by atoms with Crippen molar-refractivity contribution in [1.29, 1.82) is 0 Å². The van der Waals surface area contributed by atoms with Crippen LogP contribution in [0.15, 0.2) is 53.7 Å². The molecule has 32 heavy (non-hydrogen) atoms. The smallest absolute Gasteiger partial charge is 0.233 e. The van der Waals surface area contributed by atoms with Crippen LogP contribution in [0.5, 0.6) is 11.5 Å². The van der Waals surface area contributed by atoms with Crippen molar-refractivity contribution in [3.05, 3.63) is 54.1 Å². The van der Waals surface area contributed by atoms with E-state index in [1.807, 2.05) is 47.4 Å². The van der Waals surface area contributed by atoms with Crippen LogP contribution in [-0.2, 0) is 11.3 Å². The molecule has 1 aromatic heterocycles. The van der Waals surface area contributed by atoms with Crippen LogP contribution in [0.1, 0.15) is 31.4 Å². The van der Waals surface area contributed by atoms with E-state index in [1.54, 1.807) is 0 Å². The summed E-state index contributed by atoms with van der Waals surface area (Å²) in [6, 6.07) is 16.1. The van der Waals surface area contributed by atoms with Gasteiger partial charge in [0.1, 0.15) is 13.2 Å². The molecule has 1 fully saturated rings. The van der Waals surface area contributed by atoms with E-state index in [-0.39, 0.29) is 11.9 Å². The molecule has 0 N–H and O–H groups in total. The molecule has 0 bridgehead atoms. The van der Waals surface area contributed by atoms with Crippen molar-refractivity contribution >= 4 is 17.7 Å². The molecule has 3 heterocycles. The summed E-state index contributed by atoms with van der Waals surface area (Å²) in [6.45, 7) is 4.72. The number of hydrogen-bond donors (Lipinski definition) is 0. The first-order chi connectivity index (χ1) is 15.7. The Morgan fingerprint density at radius 1 is 1.09 bits per heavy atom. The third-order valence-electron chi connectivity index (χ3n) is 5.91. The second-order valence-electron chi connectivity index (χ2n) is 7.85. The molecule has 8 heteroatoms. The number of amides is 1. The maximum Gasteiger partial charge on any atom is 0.233 e. The van der Waals surface area contributed by atoms with Crippen LogP contribution in [0.2, 0.25) is 0 Å². The number of hydrogen-bond acceptors (Lipinski definition) is 6. The summed E-state index contributed by atoms with van der Waals surface area (Å²) in [4.78, 5) is 15.1. The Kier molecular flexibility index (Phi) is 6.03. The van der Waals surface area contributed by atoms with E-state index < -0.39 is 0 Å². The molecule has 0 aliphatic carbocycles. The molecule has 1 unspecified atom stereocenters. The van der Waals surface area contributed by atoms with Crippen LogP contribution in [-0.4, -0.2) is 51.1 Å². The predicted molar refractivity (Wildman–Crippen MR) is 123 cm³/mol. The Bertz CT molecular complexity index is 1100. The molecule has 2 aliphatic heterocycles. The molecule has 0 radical (unpaired) electrons. The Balaban J connectivity index is 1.29. The monoisotopic (exact) mass is 450 g/mol. The lowest BCUT2D eigenvalue weighted by Gasteiger charge is -2.26. The van der Waals surface area contributed by atoms with Gasteiger partial charge < -0.3 is 18.9 Å². The summed E-state index contributed by atoms with van der Waals surface area (Å²) < 4.78 is 13.4. The van der Waals surface area contributed by atoms with Crippen molar-refractivity contribution in [2.45, 2.75) is 37.5 Å². The van der Waals surface area contributed by atoms with Crippen molar-refractivity contribution in [2.75, 3.05) is 25.5 Å². The van der Waals surface area contributed by atoms with Gasteiger partial charge in [0, 0.05) is 18.7 Å². The SMILES string of the molecule is CCn1c(SCC(=O)N2CCCC2c2ccc3c(c2)OCCO3)nnc1-c1ccccc1. The van der Waals surface area contributed by atoms with Gasteiger partial charge in [-0.2, -0.15) is 0 Å². The summed E-state index contributed by atoms with van der Waals surface area (Å²) in [5, 5.41) is 9.51. The molecular weight excluding hydrogens is 424 g/mol. The zero-order valence-corrected chi connectivity index (χ0v) is 18.9. The first-order valence-corrected chi connectivity index (χ1v) is 12.0. The molecule has 0 spiro atoms. The number of carbonyl (C=O) groups excluding carboxylic acids is 1. The van der Waals surface area contributed by atoms with Crippen molar-refractivity contribution in [3.63, 3.8) is 0 Å².